The third-order valence-electron chi connectivity index (χ3n) is 6.17. The Kier molecular flexibility index (Phi) is 1.49. The Morgan fingerprint density at radius 3 is 2.40 bits per heavy atom. The molecule has 0 saturated heterocycles. The average molecular weight is 200 g/mol. The average Bonchev–Trinajstić information content (AvgIpc) is 2.94. The molecule has 0 heterocycles. The Morgan fingerprint density at radius 2 is 1.73 bits per heavy atom. The summed E-state index contributed by atoms with van der Waals surface area (Å²) in [5.74, 6) is 7.80. The fourth-order valence-electron chi connectivity index (χ4n) is 5.78. The monoisotopic (exact) mass is 200 g/mol. The van der Waals surface area contributed by atoms with Crippen molar-refractivity contribution in [2.45, 2.75) is 19.8 Å². The van der Waals surface area contributed by atoms with Gasteiger partial charge in [0.25, 0.3) is 0 Å². The molecule has 0 aromatic carbocycles. The molecule has 8 atom stereocenters. The molecule has 0 N–H and O–H groups in total. The summed E-state index contributed by atoms with van der Waals surface area (Å²) in [4.78, 5) is 0. The van der Waals surface area contributed by atoms with Crippen LogP contribution in [-0.2, 0) is 0 Å². The quantitative estimate of drug-likeness (QED) is 0.449. The molecule has 0 nitrogen and oxygen atoms in total. The van der Waals surface area contributed by atoms with Crippen molar-refractivity contribution in [3.05, 3.63) is 24.8 Å². The van der Waals surface area contributed by atoms with E-state index in [9.17, 15) is 0 Å². The van der Waals surface area contributed by atoms with Crippen molar-refractivity contribution in [2.24, 2.45) is 47.3 Å². The maximum Gasteiger partial charge on any atom is -0.0176 e. The van der Waals surface area contributed by atoms with Gasteiger partial charge in [0, 0.05) is 0 Å². The molecule has 4 bridgehead atoms. The molecule has 0 aromatic heterocycles. The Morgan fingerprint density at radius 1 is 1.07 bits per heavy atom. The lowest BCUT2D eigenvalue weighted by Gasteiger charge is -2.39. The standard InChI is InChI=1S/C15H20/c1-3-11-8(2)12-7-13(11)15-10-5-4-9(6-10)14(12)15/h3-5,8-15H,1,6-7H2,2H3. The van der Waals surface area contributed by atoms with Crippen molar-refractivity contribution >= 4 is 0 Å². The lowest BCUT2D eigenvalue weighted by molar-refractivity contribution is 0.122. The third kappa shape index (κ3) is 0.822. The topological polar surface area (TPSA) is 0 Å². The summed E-state index contributed by atoms with van der Waals surface area (Å²) in [6.07, 6.45) is 10.3. The van der Waals surface area contributed by atoms with E-state index in [0.717, 1.165) is 47.3 Å². The minimum absolute atomic E-state index is 0.837. The maximum atomic E-state index is 4.07. The highest BCUT2D eigenvalue weighted by Crippen LogP contribution is 2.68. The van der Waals surface area contributed by atoms with E-state index in [2.05, 4.69) is 31.7 Å². The lowest BCUT2D eigenvalue weighted by Crippen LogP contribution is -2.35. The molecule has 0 aliphatic heterocycles. The Hall–Kier alpha value is -0.520. The molecular formula is C15H20. The van der Waals surface area contributed by atoms with Gasteiger partial charge in [0.05, 0.1) is 0 Å². The van der Waals surface area contributed by atoms with E-state index in [0.29, 0.717) is 0 Å². The Labute approximate surface area is 92.4 Å². The fraction of sp³-hybridized carbons (Fsp3) is 0.733. The molecule has 4 aliphatic carbocycles. The second kappa shape index (κ2) is 2.59. The van der Waals surface area contributed by atoms with Crippen LogP contribution in [0.1, 0.15) is 19.8 Å². The Bertz CT molecular complexity index is 340. The van der Waals surface area contributed by atoms with Crippen LogP contribution in [0, 0.1) is 47.3 Å². The van der Waals surface area contributed by atoms with Gasteiger partial charge >= 0.3 is 0 Å². The van der Waals surface area contributed by atoms with Gasteiger partial charge in [0.15, 0.2) is 0 Å². The molecule has 3 saturated carbocycles. The molecule has 15 heavy (non-hydrogen) atoms. The number of fused-ring (bicyclic) bond motifs is 9. The van der Waals surface area contributed by atoms with Gasteiger partial charge in [-0.3, -0.25) is 0 Å². The molecule has 80 valence electrons. The van der Waals surface area contributed by atoms with E-state index in [4.69, 9.17) is 0 Å². The van der Waals surface area contributed by atoms with Gasteiger partial charge in [-0.1, -0.05) is 25.2 Å². The molecular weight excluding hydrogens is 180 g/mol. The summed E-state index contributed by atoms with van der Waals surface area (Å²) < 4.78 is 0. The van der Waals surface area contributed by atoms with Crippen molar-refractivity contribution in [3.8, 4) is 0 Å². The molecule has 8 unspecified atom stereocenters. The van der Waals surface area contributed by atoms with Crippen LogP contribution in [0.4, 0.5) is 0 Å². The van der Waals surface area contributed by atoms with Crippen molar-refractivity contribution < 1.29 is 0 Å². The van der Waals surface area contributed by atoms with Crippen LogP contribution in [0.5, 0.6) is 0 Å². The fourth-order valence-corrected chi connectivity index (χ4v) is 5.78. The van der Waals surface area contributed by atoms with Crippen molar-refractivity contribution in [3.63, 3.8) is 0 Å². The first-order valence-corrected chi connectivity index (χ1v) is 6.62. The highest BCUT2D eigenvalue weighted by Gasteiger charge is 2.62. The van der Waals surface area contributed by atoms with Crippen molar-refractivity contribution in [1.82, 2.24) is 0 Å². The number of allylic oxidation sites excluding steroid dienone is 3. The molecule has 0 spiro atoms. The van der Waals surface area contributed by atoms with E-state index in [1.54, 1.807) is 0 Å². The molecule has 0 radical (unpaired) electrons. The molecule has 4 aliphatic rings. The lowest BCUT2D eigenvalue weighted by atomic mass is 9.65. The first-order valence-electron chi connectivity index (χ1n) is 6.62. The predicted octanol–water partition coefficient (Wildman–Crippen LogP) is 3.51. The van der Waals surface area contributed by atoms with Crippen LogP contribution in [0.3, 0.4) is 0 Å². The molecule has 0 amide bonds. The number of rotatable bonds is 1. The number of hydrogen-bond donors (Lipinski definition) is 0. The van der Waals surface area contributed by atoms with Crippen LogP contribution < -0.4 is 0 Å². The highest BCUT2D eigenvalue weighted by molar-refractivity contribution is 5.22. The third-order valence-corrected chi connectivity index (χ3v) is 6.17. The molecule has 4 rings (SSSR count). The summed E-state index contributed by atoms with van der Waals surface area (Å²) in [5.41, 5.74) is 0. The summed E-state index contributed by atoms with van der Waals surface area (Å²) in [7, 11) is 0. The van der Waals surface area contributed by atoms with Crippen molar-refractivity contribution in [2.75, 3.05) is 0 Å². The predicted molar refractivity (Wildman–Crippen MR) is 62.2 cm³/mol. The van der Waals surface area contributed by atoms with E-state index >= 15 is 0 Å². The van der Waals surface area contributed by atoms with E-state index in [-0.39, 0.29) is 0 Å². The first kappa shape index (κ1) is 8.61. The maximum absolute atomic E-state index is 4.07. The zero-order chi connectivity index (χ0) is 10.2. The van der Waals surface area contributed by atoms with Crippen LogP contribution in [0.15, 0.2) is 24.8 Å². The minimum atomic E-state index is 0.837. The van der Waals surface area contributed by atoms with Gasteiger partial charge in [0.1, 0.15) is 0 Å². The van der Waals surface area contributed by atoms with Gasteiger partial charge in [0.2, 0.25) is 0 Å². The van der Waals surface area contributed by atoms with E-state index in [1.807, 2.05) is 0 Å². The zero-order valence-electron chi connectivity index (χ0n) is 9.47. The van der Waals surface area contributed by atoms with Gasteiger partial charge in [-0.2, -0.15) is 0 Å². The zero-order valence-corrected chi connectivity index (χ0v) is 9.47. The Balaban J connectivity index is 1.76. The summed E-state index contributed by atoms with van der Waals surface area (Å²) in [5, 5.41) is 0. The van der Waals surface area contributed by atoms with Crippen LogP contribution >= 0.6 is 0 Å². The van der Waals surface area contributed by atoms with Crippen LogP contribution in [0.25, 0.3) is 0 Å². The van der Waals surface area contributed by atoms with E-state index < -0.39 is 0 Å². The molecule has 0 heteroatoms. The van der Waals surface area contributed by atoms with Gasteiger partial charge in [-0.25, -0.2) is 0 Å². The largest absolute Gasteiger partial charge is 0.103 e. The van der Waals surface area contributed by atoms with Crippen LogP contribution in [0.2, 0.25) is 0 Å². The van der Waals surface area contributed by atoms with Gasteiger partial charge in [-0.15, -0.1) is 6.58 Å². The van der Waals surface area contributed by atoms with E-state index in [1.165, 1.54) is 12.8 Å². The highest BCUT2D eigenvalue weighted by atomic mass is 14.7. The molecule has 0 aromatic rings. The first-order chi connectivity index (χ1) is 7.31. The number of hydrogen-bond acceptors (Lipinski definition) is 0. The van der Waals surface area contributed by atoms with Crippen molar-refractivity contribution in [1.29, 1.82) is 0 Å². The smallest absolute Gasteiger partial charge is 0.0176 e. The summed E-state index contributed by atoms with van der Waals surface area (Å²) in [6.45, 7) is 6.55. The SMILES string of the molecule is C=CC1C(C)C2CC1C1C3C=CC(C3)C21. The van der Waals surface area contributed by atoms with Crippen LogP contribution in [-0.4, -0.2) is 0 Å². The summed E-state index contributed by atoms with van der Waals surface area (Å²) in [6, 6.07) is 0. The van der Waals surface area contributed by atoms with Gasteiger partial charge < -0.3 is 0 Å². The minimum Gasteiger partial charge on any atom is -0.103 e. The second-order valence-corrected chi connectivity index (χ2v) is 6.34. The molecule has 3 fully saturated rings. The normalized spacial score (nSPS) is 63.8. The van der Waals surface area contributed by atoms with Gasteiger partial charge in [-0.05, 0) is 60.2 Å². The summed E-state index contributed by atoms with van der Waals surface area (Å²) >= 11 is 0. The second-order valence-electron chi connectivity index (χ2n) is 6.34.